The van der Waals surface area contributed by atoms with Crippen LogP contribution in [0.15, 0.2) is 0 Å². The molecule has 136 valence electrons. The Morgan fingerprint density at radius 1 is 1.04 bits per heavy atom. The van der Waals surface area contributed by atoms with E-state index < -0.39 is 68.3 Å². The average molecular weight is 342 g/mol. The van der Waals surface area contributed by atoms with E-state index in [2.05, 4.69) is 0 Å². The highest BCUT2D eigenvalue weighted by molar-refractivity contribution is 5.56. The fourth-order valence-corrected chi connectivity index (χ4v) is 2.11. The van der Waals surface area contributed by atoms with Crippen molar-refractivity contribution in [3.05, 3.63) is 0 Å². The van der Waals surface area contributed by atoms with E-state index in [0.717, 1.165) is 0 Å². The number of carbonyl (C=O) groups is 1. The first kappa shape index (κ1) is 20.3. The van der Waals surface area contributed by atoms with Crippen molar-refractivity contribution < 1.29 is 55.1 Å². The minimum absolute atomic E-state index is 0.0294. The van der Waals surface area contributed by atoms with Gasteiger partial charge in [-0.3, -0.25) is 0 Å². The molecule has 8 N–H and O–H groups in total. The smallest absolute Gasteiger partial charge is 0.187 e. The summed E-state index contributed by atoms with van der Waals surface area (Å²) in [5.41, 5.74) is 0. The van der Waals surface area contributed by atoms with Crippen molar-refractivity contribution >= 4 is 6.29 Å². The molecule has 0 bridgehead atoms. The lowest BCUT2D eigenvalue weighted by molar-refractivity contribution is -0.326. The lowest BCUT2D eigenvalue weighted by Gasteiger charge is -2.42. The summed E-state index contributed by atoms with van der Waals surface area (Å²) in [4.78, 5) is 10.5. The predicted molar refractivity (Wildman–Crippen MR) is 69.8 cm³/mol. The molecule has 0 aliphatic carbocycles. The van der Waals surface area contributed by atoms with Crippen LogP contribution in [0, 0.1) is 0 Å². The molecule has 0 radical (unpaired) electrons. The van der Waals surface area contributed by atoms with Gasteiger partial charge in [-0.05, 0) is 0 Å². The van der Waals surface area contributed by atoms with E-state index >= 15 is 0 Å². The second kappa shape index (κ2) is 8.94. The molecule has 1 fully saturated rings. The van der Waals surface area contributed by atoms with Crippen molar-refractivity contribution in [3.8, 4) is 0 Å². The molecule has 0 spiro atoms. The van der Waals surface area contributed by atoms with Crippen LogP contribution in [0.25, 0.3) is 0 Å². The van der Waals surface area contributed by atoms with Crippen molar-refractivity contribution in [2.45, 2.75) is 55.1 Å². The minimum atomic E-state index is -1.97. The molecule has 1 heterocycles. The number of aliphatic hydroxyl groups excluding tert-OH is 8. The molecule has 1 saturated heterocycles. The standard InChI is InChI=1S/C12H22O11/c13-1-4(16)7(18)11(5(17)2-14)23-12-10(21)9(20)8(19)6(3-15)22-12/h1,4-12,14-21H,2-3H2/t4-,5+,6+,7+,8-,9-,10+,11+,12-/m1/s1. The second-order valence-corrected chi connectivity index (χ2v) is 5.17. The maximum Gasteiger partial charge on any atom is 0.187 e. The molecular formula is C12H22O11. The van der Waals surface area contributed by atoms with Gasteiger partial charge in [0.15, 0.2) is 12.6 Å². The number of ether oxygens (including phenoxy) is 2. The number of aldehydes is 1. The van der Waals surface area contributed by atoms with E-state index in [1.165, 1.54) is 0 Å². The van der Waals surface area contributed by atoms with Gasteiger partial charge in [0, 0.05) is 0 Å². The first-order valence-electron chi connectivity index (χ1n) is 6.84. The lowest BCUT2D eigenvalue weighted by atomic mass is 9.98. The van der Waals surface area contributed by atoms with Gasteiger partial charge in [0.1, 0.15) is 48.8 Å². The predicted octanol–water partition coefficient (Wildman–Crippen LogP) is -5.55. The normalized spacial score (nSPS) is 37.0. The Morgan fingerprint density at radius 3 is 2.13 bits per heavy atom. The van der Waals surface area contributed by atoms with Gasteiger partial charge >= 0.3 is 0 Å². The van der Waals surface area contributed by atoms with E-state index in [4.69, 9.17) is 19.7 Å². The first-order chi connectivity index (χ1) is 10.8. The lowest BCUT2D eigenvalue weighted by Crippen LogP contribution is -2.61. The summed E-state index contributed by atoms with van der Waals surface area (Å²) in [6.45, 7) is -1.64. The zero-order chi connectivity index (χ0) is 17.7. The van der Waals surface area contributed by atoms with Crippen molar-refractivity contribution in [2.24, 2.45) is 0 Å². The molecule has 11 heteroatoms. The number of rotatable bonds is 8. The maximum absolute atomic E-state index is 10.5. The van der Waals surface area contributed by atoms with Crippen LogP contribution in [0.1, 0.15) is 0 Å². The molecule has 0 aromatic rings. The summed E-state index contributed by atoms with van der Waals surface area (Å²) < 4.78 is 10.1. The van der Waals surface area contributed by atoms with Gasteiger partial charge in [0.25, 0.3) is 0 Å². The molecule has 0 aromatic heterocycles. The second-order valence-electron chi connectivity index (χ2n) is 5.17. The summed E-state index contributed by atoms with van der Waals surface area (Å²) in [5.74, 6) is 0. The van der Waals surface area contributed by atoms with Gasteiger partial charge < -0.3 is 55.1 Å². The molecule has 0 aromatic carbocycles. The first-order valence-corrected chi connectivity index (χ1v) is 6.84. The van der Waals surface area contributed by atoms with Crippen molar-refractivity contribution in [2.75, 3.05) is 13.2 Å². The van der Waals surface area contributed by atoms with Crippen LogP contribution in [0.2, 0.25) is 0 Å². The maximum atomic E-state index is 10.5. The van der Waals surface area contributed by atoms with Crippen LogP contribution in [0.4, 0.5) is 0 Å². The molecule has 1 rings (SSSR count). The number of hydrogen-bond donors (Lipinski definition) is 8. The third-order valence-electron chi connectivity index (χ3n) is 3.53. The monoisotopic (exact) mass is 342 g/mol. The van der Waals surface area contributed by atoms with Crippen LogP contribution >= 0.6 is 0 Å². The van der Waals surface area contributed by atoms with Crippen LogP contribution in [0.3, 0.4) is 0 Å². The minimum Gasteiger partial charge on any atom is -0.394 e. The highest BCUT2D eigenvalue weighted by Gasteiger charge is 2.46. The van der Waals surface area contributed by atoms with Gasteiger partial charge in [-0.25, -0.2) is 0 Å². The van der Waals surface area contributed by atoms with Crippen LogP contribution < -0.4 is 0 Å². The molecular weight excluding hydrogens is 320 g/mol. The zero-order valence-corrected chi connectivity index (χ0v) is 12.0. The number of hydrogen-bond acceptors (Lipinski definition) is 11. The summed E-state index contributed by atoms with van der Waals surface area (Å²) in [5, 5.41) is 75.7. The van der Waals surface area contributed by atoms with Crippen molar-refractivity contribution in [1.82, 2.24) is 0 Å². The molecule has 9 atom stereocenters. The van der Waals surface area contributed by atoms with Gasteiger partial charge in [0.2, 0.25) is 0 Å². The Kier molecular flexibility index (Phi) is 7.89. The zero-order valence-electron chi connectivity index (χ0n) is 12.0. The Morgan fingerprint density at radius 2 is 1.65 bits per heavy atom. The largest absolute Gasteiger partial charge is 0.394 e. The quantitative estimate of drug-likeness (QED) is 0.196. The van der Waals surface area contributed by atoms with Crippen molar-refractivity contribution in [1.29, 1.82) is 0 Å². The van der Waals surface area contributed by atoms with Gasteiger partial charge in [-0.1, -0.05) is 0 Å². The SMILES string of the molecule is O=C[C@@H](O)[C@H](O)[C@@H](O[C@H]1O[C@@H](CO)[C@@H](O)[C@@H](O)[C@@H]1O)[C@@H](O)CO. The van der Waals surface area contributed by atoms with Crippen LogP contribution in [-0.2, 0) is 14.3 Å². The van der Waals surface area contributed by atoms with E-state index in [1.807, 2.05) is 0 Å². The van der Waals surface area contributed by atoms with Crippen LogP contribution in [0.5, 0.6) is 0 Å². The topological polar surface area (TPSA) is 197 Å². The molecule has 23 heavy (non-hydrogen) atoms. The third kappa shape index (κ3) is 4.64. The summed E-state index contributed by atoms with van der Waals surface area (Å²) >= 11 is 0. The van der Waals surface area contributed by atoms with Gasteiger partial charge in [0.05, 0.1) is 13.2 Å². The van der Waals surface area contributed by atoms with E-state index in [0.29, 0.717) is 0 Å². The summed E-state index contributed by atoms with van der Waals surface area (Å²) in [6.07, 6.45) is -15.7. The Labute approximate surface area is 130 Å². The Bertz CT molecular complexity index is 365. The molecule has 0 saturated carbocycles. The fraction of sp³-hybridized carbons (Fsp3) is 0.917. The average Bonchev–Trinajstić information content (AvgIpc) is 2.57. The Balaban J connectivity index is 2.91. The number of aliphatic hydroxyl groups is 8. The van der Waals surface area contributed by atoms with Gasteiger partial charge in [-0.2, -0.15) is 0 Å². The third-order valence-corrected chi connectivity index (χ3v) is 3.53. The van der Waals surface area contributed by atoms with Crippen molar-refractivity contribution in [3.63, 3.8) is 0 Å². The number of carbonyl (C=O) groups excluding carboxylic acids is 1. The molecule has 0 amide bonds. The molecule has 1 aliphatic heterocycles. The molecule has 0 unspecified atom stereocenters. The highest BCUT2D eigenvalue weighted by atomic mass is 16.7. The summed E-state index contributed by atoms with van der Waals surface area (Å²) in [7, 11) is 0. The Hall–Kier alpha value is -0.730. The fourth-order valence-electron chi connectivity index (χ4n) is 2.11. The van der Waals surface area contributed by atoms with E-state index in [-0.39, 0.29) is 6.29 Å². The van der Waals surface area contributed by atoms with Crippen LogP contribution in [-0.4, -0.2) is 115 Å². The van der Waals surface area contributed by atoms with E-state index in [9.17, 15) is 35.4 Å². The molecule has 11 nitrogen and oxygen atoms in total. The van der Waals surface area contributed by atoms with E-state index in [1.54, 1.807) is 0 Å². The van der Waals surface area contributed by atoms with Gasteiger partial charge in [-0.15, -0.1) is 0 Å². The summed E-state index contributed by atoms with van der Waals surface area (Å²) in [6, 6.07) is 0. The highest BCUT2D eigenvalue weighted by Crippen LogP contribution is 2.24. The molecule has 1 aliphatic rings.